The quantitative estimate of drug-likeness (QED) is 0.667. The van der Waals surface area contributed by atoms with Crippen LogP contribution in [0.2, 0.25) is 0 Å². The van der Waals surface area contributed by atoms with Gasteiger partial charge in [0.2, 0.25) is 0 Å². The Balaban J connectivity index is 1.41. The zero-order chi connectivity index (χ0) is 17.9. The highest BCUT2D eigenvalue weighted by Crippen LogP contribution is 2.43. The number of nitrogens with zero attached hydrogens (tertiary/aromatic N) is 2. The van der Waals surface area contributed by atoms with E-state index in [2.05, 4.69) is 28.0 Å². The molecule has 0 atom stereocenters. The van der Waals surface area contributed by atoms with E-state index >= 15 is 0 Å². The average molecular weight is 351 g/mol. The lowest BCUT2D eigenvalue weighted by Gasteiger charge is -2.18. The monoisotopic (exact) mass is 351 g/mol. The predicted molar refractivity (Wildman–Crippen MR) is 103 cm³/mol. The molecular weight excluding hydrogens is 326 g/mol. The molecule has 26 heavy (non-hydrogen) atoms. The number of methoxy groups -OCH3 is 1. The summed E-state index contributed by atoms with van der Waals surface area (Å²) in [4.78, 5) is 10.3. The Bertz CT molecular complexity index is 886. The third kappa shape index (κ3) is 3.53. The van der Waals surface area contributed by atoms with Crippen LogP contribution in [0.5, 0.6) is 11.5 Å². The molecule has 1 N–H and O–H groups in total. The summed E-state index contributed by atoms with van der Waals surface area (Å²) in [5, 5.41) is 1.24. The van der Waals surface area contributed by atoms with Crippen molar-refractivity contribution in [3.63, 3.8) is 0 Å². The number of ether oxygens (including phenoxy) is 2. The number of fused-ring (bicyclic) bond motifs is 1. The maximum atomic E-state index is 5.91. The molecule has 1 saturated carbocycles. The van der Waals surface area contributed by atoms with Crippen LogP contribution in [0.15, 0.2) is 42.6 Å². The third-order valence-corrected chi connectivity index (χ3v) is 4.92. The molecule has 136 valence electrons. The largest absolute Gasteiger partial charge is 0.493 e. The van der Waals surface area contributed by atoms with Gasteiger partial charge in [-0.05, 0) is 55.6 Å². The van der Waals surface area contributed by atoms with Crippen molar-refractivity contribution in [3.05, 3.63) is 53.9 Å². The lowest BCUT2D eigenvalue weighted by molar-refractivity contribution is 0.226. The standard InChI is InChI=1S/C21H25N3O2/c1-24(12-13-26-19-8-4-3-7-18(19)25-2)14-17-16-6-5-11-22-21(16)23-20(17)15-9-10-15/h3-8,11,15H,9-10,12-14H2,1-2H3,(H,22,23). The Kier molecular flexibility index (Phi) is 4.80. The van der Waals surface area contributed by atoms with Crippen molar-refractivity contribution in [2.75, 3.05) is 27.3 Å². The second kappa shape index (κ2) is 7.38. The number of aromatic amines is 1. The minimum absolute atomic E-state index is 0.621. The van der Waals surface area contributed by atoms with Crippen molar-refractivity contribution >= 4 is 11.0 Å². The van der Waals surface area contributed by atoms with Gasteiger partial charge in [0.25, 0.3) is 0 Å². The SMILES string of the molecule is COc1ccccc1OCCN(C)Cc1c(C2CC2)[nH]c2ncccc12. The summed E-state index contributed by atoms with van der Waals surface area (Å²) in [6.07, 6.45) is 4.41. The number of hydrogen-bond donors (Lipinski definition) is 1. The second-order valence-electron chi connectivity index (χ2n) is 6.93. The molecule has 1 aliphatic carbocycles. The molecule has 0 radical (unpaired) electrons. The van der Waals surface area contributed by atoms with Gasteiger partial charge in [-0.25, -0.2) is 4.98 Å². The van der Waals surface area contributed by atoms with Crippen molar-refractivity contribution in [2.24, 2.45) is 0 Å². The Morgan fingerprint density at radius 1 is 1.15 bits per heavy atom. The van der Waals surface area contributed by atoms with Crippen LogP contribution in [-0.2, 0) is 6.54 Å². The second-order valence-corrected chi connectivity index (χ2v) is 6.93. The van der Waals surface area contributed by atoms with Crippen LogP contribution in [0.25, 0.3) is 11.0 Å². The fraction of sp³-hybridized carbons (Fsp3) is 0.381. The van der Waals surface area contributed by atoms with E-state index in [1.807, 2.05) is 36.5 Å². The van der Waals surface area contributed by atoms with Gasteiger partial charge >= 0.3 is 0 Å². The third-order valence-electron chi connectivity index (χ3n) is 4.92. The molecule has 0 spiro atoms. The molecule has 1 aliphatic rings. The lowest BCUT2D eigenvalue weighted by Crippen LogP contribution is -2.24. The zero-order valence-electron chi connectivity index (χ0n) is 15.4. The molecule has 1 fully saturated rings. The van der Waals surface area contributed by atoms with Gasteiger partial charge in [0.1, 0.15) is 12.3 Å². The van der Waals surface area contributed by atoms with E-state index in [-0.39, 0.29) is 0 Å². The molecule has 2 aromatic heterocycles. The first kappa shape index (κ1) is 16.9. The maximum Gasteiger partial charge on any atom is 0.161 e. The summed E-state index contributed by atoms with van der Waals surface area (Å²) in [5.74, 6) is 2.24. The number of aromatic nitrogens is 2. The molecule has 0 unspecified atom stereocenters. The van der Waals surface area contributed by atoms with Crippen molar-refractivity contribution in [1.82, 2.24) is 14.9 Å². The highest BCUT2D eigenvalue weighted by atomic mass is 16.5. The van der Waals surface area contributed by atoms with Crippen molar-refractivity contribution < 1.29 is 9.47 Å². The maximum absolute atomic E-state index is 5.91. The summed E-state index contributed by atoms with van der Waals surface area (Å²) in [7, 11) is 3.80. The van der Waals surface area contributed by atoms with Crippen LogP contribution >= 0.6 is 0 Å². The number of nitrogens with one attached hydrogen (secondary N) is 1. The highest BCUT2D eigenvalue weighted by molar-refractivity contribution is 5.81. The van der Waals surface area contributed by atoms with Gasteiger partial charge in [0, 0.05) is 30.4 Å². The van der Waals surface area contributed by atoms with E-state index in [4.69, 9.17) is 9.47 Å². The number of para-hydroxylation sites is 2. The first-order valence-corrected chi connectivity index (χ1v) is 9.16. The molecular formula is C21H25N3O2. The van der Waals surface area contributed by atoms with Crippen molar-refractivity contribution in [1.29, 1.82) is 0 Å². The molecule has 4 rings (SSSR count). The summed E-state index contributed by atoms with van der Waals surface area (Å²) in [6.45, 7) is 2.36. The topological polar surface area (TPSA) is 50.4 Å². The Labute approximate surface area is 153 Å². The van der Waals surface area contributed by atoms with Gasteiger partial charge in [0.15, 0.2) is 11.5 Å². The summed E-state index contributed by atoms with van der Waals surface area (Å²) in [6, 6.07) is 11.9. The van der Waals surface area contributed by atoms with E-state index < -0.39 is 0 Å². The molecule has 1 aromatic carbocycles. The van der Waals surface area contributed by atoms with Gasteiger partial charge < -0.3 is 14.5 Å². The molecule has 0 saturated heterocycles. The van der Waals surface area contributed by atoms with Gasteiger partial charge in [-0.2, -0.15) is 0 Å². The molecule has 2 heterocycles. The van der Waals surface area contributed by atoms with Crippen LogP contribution < -0.4 is 9.47 Å². The fourth-order valence-corrected chi connectivity index (χ4v) is 3.39. The Hall–Kier alpha value is -2.53. The van der Waals surface area contributed by atoms with Gasteiger partial charge in [0.05, 0.1) is 7.11 Å². The summed E-state index contributed by atoms with van der Waals surface area (Å²) < 4.78 is 11.2. The minimum atomic E-state index is 0.621. The van der Waals surface area contributed by atoms with Crippen LogP contribution in [0.4, 0.5) is 0 Å². The summed E-state index contributed by atoms with van der Waals surface area (Å²) in [5.41, 5.74) is 3.76. The Morgan fingerprint density at radius 2 is 1.96 bits per heavy atom. The number of likely N-dealkylation sites (N-methyl/N-ethyl adjacent to an activating group) is 1. The van der Waals surface area contributed by atoms with E-state index in [0.29, 0.717) is 12.5 Å². The van der Waals surface area contributed by atoms with Crippen LogP contribution in [0.3, 0.4) is 0 Å². The van der Waals surface area contributed by atoms with E-state index in [1.165, 1.54) is 29.5 Å². The molecule has 3 aromatic rings. The Morgan fingerprint density at radius 3 is 2.73 bits per heavy atom. The first-order chi connectivity index (χ1) is 12.8. The molecule has 0 bridgehead atoms. The molecule has 0 amide bonds. The average Bonchev–Trinajstić information content (AvgIpc) is 3.45. The highest BCUT2D eigenvalue weighted by Gasteiger charge is 2.29. The van der Waals surface area contributed by atoms with Gasteiger partial charge in [-0.15, -0.1) is 0 Å². The predicted octanol–water partition coefficient (Wildman–Crippen LogP) is 3.96. The van der Waals surface area contributed by atoms with Crippen LogP contribution in [-0.4, -0.2) is 42.2 Å². The van der Waals surface area contributed by atoms with Crippen LogP contribution in [0, 0.1) is 0 Å². The van der Waals surface area contributed by atoms with E-state index in [9.17, 15) is 0 Å². The molecule has 5 heteroatoms. The van der Waals surface area contributed by atoms with E-state index in [0.717, 1.165) is 30.2 Å². The number of H-pyrrole nitrogens is 1. The van der Waals surface area contributed by atoms with Gasteiger partial charge in [-0.3, -0.25) is 4.90 Å². The van der Waals surface area contributed by atoms with Crippen LogP contribution in [0.1, 0.15) is 30.0 Å². The zero-order valence-corrected chi connectivity index (χ0v) is 15.4. The number of benzene rings is 1. The smallest absolute Gasteiger partial charge is 0.161 e. The number of pyridine rings is 1. The summed E-state index contributed by atoms with van der Waals surface area (Å²) >= 11 is 0. The van der Waals surface area contributed by atoms with E-state index in [1.54, 1.807) is 7.11 Å². The molecule has 0 aliphatic heterocycles. The van der Waals surface area contributed by atoms with Gasteiger partial charge in [-0.1, -0.05) is 12.1 Å². The number of hydrogen-bond acceptors (Lipinski definition) is 4. The first-order valence-electron chi connectivity index (χ1n) is 9.16. The van der Waals surface area contributed by atoms with Crippen molar-refractivity contribution in [2.45, 2.75) is 25.3 Å². The fourth-order valence-electron chi connectivity index (χ4n) is 3.39. The number of rotatable bonds is 8. The molecule has 5 nitrogen and oxygen atoms in total. The minimum Gasteiger partial charge on any atom is -0.493 e. The van der Waals surface area contributed by atoms with Crippen molar-refractivity contribution in [3.8, 4) is 11.5 Å². The normalized spacial score (nSPS) is 14.1. The lowest BCUT2D eigenvalue weighted by atomic mass is 10.1.